The summed E-state index contributed by atoms with van der Waals surface area (Å²) in [5.41, 5.74) is 0.837. The molecule has 0 radical (unpaired) electrons. The maximum Gasteiger partial charge on any atom is 0.344 e. The van der Waals surface area contributed by atoms with Crippen LogP contribution in [0.1, 0.15) is 59.3 Å². The molecule has 8 rings (SSSR count). The molecule has 4 bridgehead atoms. The fourth-order valence-electron chi connectivity index (χ4n) is 8.39. The maximum absolute atomic E-state index is 13.1. The average Bonchev–Trinajstić information content (AvgIpc) is 3.21. The van der Waals surface area contributed by atoms with E-state index in [1.165, 1.54) is 57.2 Å². The molecule has 5 aliphatic rings. The molecule has 192 valence electrons. The Morgan fingerprint density at radius 1 is 0.919 bits per heavy atom. The predicted molar refractivity (Wildman–Crippen MR) is 152 cm³/mol. The topological polar surface area (TPSA) is 35.5 Å². The molecule has 4 saturated carbocycles. The van der Waals surface area contributed by atoms with Gasteiger partial charge in [0, 0.05) is 39.7 Å². The van der Waals surface area contributed by atoms with E-state index in [1.54, 1.807) is 0 Å². The summed E-state index contributed by atoms with van der Waals surface area (Å²) in [7, 11) is -0.0657. The molecule has 4 heteroatoms. The first-order valence-corrected chi connectivity index (χ1v) is 15.3. The van der Waals surface area contributed by atoms with Crippen LogP contribution in [0.15, 0.2) is 65.9 Å². The fraction of sp³-hybridized carbons (Fsp3) is 0.485. The number of fused-ring (bicyclic) bond motifs is 3. The molecular formula is C33H37O3S+. The molecule has 37 heavy (non-hydrogen) atoms. The Hall–Kier alpha value is -2.59. The standard InChI is InChI=1S/C33H37O3S/c1-20-12-26(37-29-10-6-4-8-27(29)28-9-5-7-11-30(28)37)13-21(2)32(20)35-19-31(34)36-33(3)24-15-22-14-23(17-24)18-25(33)16-22/h4-12,21-25H,13-19H2,1-3H3/q+1. The van der Waals surface area contributed by atoms with Gasteiger partial charge in [-0.15, -0.1) is 0 Å². The molecule has 0 aliphatic heterocycles. The lowest BCUT2D eigenvalue weighted by atomic mass is 9.50. The highest BCUT2D eigenvalue weighted by Gasteiger charge is 2.57. The van der Waals surface area contributed by atoms with Crippen molar-refractivity contribution >= 4 is 41.5 Å². The molecule has 0 saturated heterocycles. The second-order valence-corrected chi connectivity index (χ2v) is 14.3. The van der Waals surface area contributed by atoms with E-state index >= 15 is 0 Å². The zero-order valence-electron chi connectivity index (χ0n) is 22.2. The van der Waals surface area contributed by atoms with E-state index in [0.29, 0.717) is 11.8 Å². The molecule has 4 fully saturated rings. The van der Waals surface area contributed by atoms with Crippen LogP contribution in [0.4, 0.5) is 0 Å². The summed E-state index contributed by atoms with van der Waals surface area (Å²) in [6, 6.07) is 17.7. The third-order valence-corrected chi connectivity index (χ3v) is 12.3. The van der Waals surface area contributed by atoms with Crippen molar-refractivity contribution < 1.29 is 14.3 Å². The van der Waals surface area contributed by atoms with Crippen molar-refractivity contribution in [2.24, 2.45) is 29.6 Å². The molecule has 1 aromatic heterocycles. The maximum atomic E-state index is 13.1. The zero-order valence-corrected chi connectivity index (χ0v) is 23.0. The molecule has 0 N–H and O–H groups in total. The van der Waals surface area contributed by atoms with E-state index in [-0.39, 0.29) is 34.6 Å². The molecule has 1 atom stereocenters. The summed E-state index contributed by atoms with van der Waals surface area (Å²) in [6.07, 6.45) is 9.61. The summed E-state index contributed by atoms with van der Waals surface area (Å²) < 4.78 is 15.3. The van der Waals surface area contributed by atoms with Gasteiger partial charge < -0.3 is 9.47 Å². The highest BCUT2D eigenvalue weighted by atomic mass is 32.2. The SMILES string of the molecule is CC1=C(OCC(=O)OC2(C)C3CC4CC(C3)CC2C4)C(C)CC([s+]2c3ccccc3c3ccccc32)=C1. The second-order valence-electron chi connectivity index (χ2n) is 12.3. The Morgan fingerprint density at radius 2 is 1.49 bits per heavy atom. The van der Waals surface area contributed by atoms with Crippen molar-refractivity contribution in [1.29, 1.82) is 0 Å². The third-order valence-electron chi connectivity index (χ3n) is 9.93. The second kappa shape index (κ2) is 8.73. The molecule has 3 aromatic rings. The van der Waals surface area contributed by atoms with Gasteiger partial charge in [-0.2, -0.15) is 0 Å². The molecule has 0 amide bonds. The Kier molecular flexibility index (Phi) is 5.55. The Bertz CT molecular complexity index is 1380. The highest BCUT2D eigenvalue weighted by molar-refractivity contribution is 7.53. The van der Waals surface area contributed by atoms with E-state index in [4.69, 9.17) is 9.47 Å². The molecule has 0 spiro atoms. The minimum atomic E-state index is -0.299. The van der Waals surface area contributed by atoms with Crippen LogP contribution < -0.4 is 0 Å². The Labute approximate surface area is 222 Å². The molecule has 1 unspecified atom stereocenters. The smallest absolute Gasteiger partial charge is 0.344 e. The fourth-order valence-corrected chi connectivity index (χ4v) is 11.1. The summed E-state index contributed by atoms with van der Waals surface area (Å²) in [5, 5.41) is 2.72. The quantitative estimate of drug-likeness (QED) is 0.253. The minimum absolute atomic E-state index is 0.0133. The lowest BCUT2D eigenvalue weighted by Gasteiger charge is -2.59. The lowest BCUT2D eigenvalue weighted by Crippen LogP contribution is -2.58. The number of benzene rings is 2. The average molecular weight is 514 g/mol. The number of allylic oxidation sites excluding steroid dienone is 4. The van der Waals surface area contributed by atoms with Crippen molar-refractivity contribution in [2.75, 3.05) is 6.61 Å². The zero-order chi connectivity index (χ0) is 25.3. The first kappa shape index (κ1) is 23.5. The summed E-state index contributed by atoms with van der Waals surface area (Å²) in [5.74, 6) is 3.77. The number of carbonyl (C=O) groups is 1. The number of esters is 1. The van der Waals surface area contributed by atoms with Crippen molar-refractivity contribution in [1.82, 2.24) is 0 Å². The number of ether oxygens (including phenoxy) is 2. The molecular weight excluding hydrogens is 476 g/mol. The van der Waals surface area contributed by atoms with Gasteiger partial charge in [0.1, 0.15) is 11.4 Å². The van der Waals surface area contributed by atoms with Gasteiger partial charge in [0.15, 0.2) is 20.9 Å². The number of rotatable bonds is 5. The van der Waals surface area contributed by atoms with Gasteiger partial charge in [-0.25, -0.2) is 4.79 Å². The van der Waals surface area contributed by atoms with Crippen LogP contribution >= 0.6 is 10.5 Å². The monoisotopic (exact) mass is 513 g/mol. The minimum Gasteiger partial charge on any atom is -0.486 e. The highest BCUT2D eigenvalue weighted by Crippen LogP contribution is 2.59. The van der Waals surface area contributed by atoms with Crippen LogP contribution in [-0.4, -0.2) is 18.2 Å². The van der Waals surface area contributed by atoms with Gasteiger partial charge in [0.2, 0.25) is 0 Å². The van der Waals surface area contributed by atoms with Crippen LogP contribution in [0.5, 0.6) is 0 Å². The van der Waals surface area contributed by atoms with Gasteiger partial charge in [-0.3, -0.25) is 0 Å². The predicted octanol–water partition coefficient (Wildman–Crippen LogP) is 8.67. The summed E-state index contributed by atoms with van der Waals surface area (Å²) in [4.78, 5) is 14.5. The number of hydrogen-bond acceptors (Lipinski definition) is 3. The Morgan fingerprint density at radius 3 is 2.05 bits per heavy atom. The van der Waals surface area contributed by atoms with Crippen molar-refractivity contribution in [2.45, 2.75) is 64.9 Å². The Balaban J connectivity index is 1.11. The van der Waals surface area contributed by atoms with Crippen molar-refractivity contribution in [3.63, 3.8) is 0 Å². The van der Waals surface area contributed by atoms with Gasteiger partial charge in [0.05, 0.1) is 0 Å². The van der Waals surface area contributed by atoms with E-state index in [0.717, 1.165) is 29.6 Å². The molecule has 5 aliphatic carbocycles. The molecule has 1 heterocycles. The van der Waals surface area contributed by atoms with Crippen LogP contribution in [0, 0.1) is 29.6 Å². The summed E-state index contributed by atoms with van der Waals surface area (Å²) >= 11 is 0. The van der Waals surface area contributed by atoms with Gasteiger partial charge in [-0.1, -0.05) is 31.2 Å². The van der Waals surface area contributed by atoms with Gasteiger partial charge >= 0.3 is 5.97 Å². The largest absolute Gasteiger partial charge is 0.486 e. The first-order chi connectivity index (χ1) is 17.9. The van der Waals surface area contributed by atoms with E-state index in [9.17, 15) is 4.79 Å². The third kappa shape index (κ3) is 3.78. The molecule has 3 nitrogen and oxygen atoms in total. The number of hydrogen-bond donors (Lipinski definition) is 0. The van der Waals surface area contributed by atoms with Crippen LogP contribution in [0.2, 0.25) is 0 Å². The van der Waals surface area contributed by atoms with Crippen LogP contribution in [0.25, 0.3) is 25.1 Å². The molecule has 2 aromatic carbocycles. The van der Waals surface area contributed by atoms with E-state index in [1.807, 2.05) is 0 Å². The number of thiophene rings is 1. The summed E-state index contributed by atoms with van der Waals surface area (Å²) in [6.45, 7) is 6.58. The van der Waals surface area contributed by atoms with Crippen LogP contribution in [0.3, 0.4) is 0 Å². The van der Waals surface area contributed by atoms with Gasteiger partial charge in [-0.05, 0) is 99.5 Å². The first-order valence-electron chi connectivity index (χ1n) is 14.1. The van der Waals surface area contributed by atoms with E-state index < -0.39 is 0 Å². The van der Waals surface area contributed by atoms with Crippen LogP contribution in [-0.2, 0) is 14.3 Å². The van der Waals surface area contributed by atoms with Crippen molar-refractivity contribution in [3.8, 4) is 0 Å². The normalized spacial score (nSPS) is 32.7. The number of carbonyl (C=O) groups excluding carboxylic acids is 1. The van der Waals surface area contributed by atoms with E-state index in [2.05, 4.69) is 75.4 Å². The lowest BCUT2D eigenvalue weighted by molar-refractivity contribution is -0.206. The van der Waals surface area contributed by atoms with Crippen molar-refractivity contribution in [3.05, 3.63) is 65.9 Å². The van der Waals surface area contributed by atoms with Gasteiger partial charge in [0.25, 0.3) is 0 Å².